The number of ether oxygens (including phenoxy) is 1. The molecule has 2 rings (SSSR count). The number of methoxy groups -OCH3 is 1. The maximum Gasteiger partial charge on any atom is 0.118 e. The highest BCUT2D eigenvalue weighted by atomic mass is 28.3. The molecule has 2 aromatic carbocycles. The highest BCUT2D eigenvalue weighted by Crippen LogP contribution is 2.25. The second-order valence-electron chi connectivity index (χ2n) is 6.01. The maximum atomic E-state index is 5.24. The summed E-state index contributed by atoms with van der Waals surface area (Å²) in [6.07, 6.45) is 0. The Morgan fingerprint density at radius 3 is 1.90 bits per heavy atom. The van der Waals surface area contributed by atoms with Gasteiger partial charge in [-0.05, 0) is 23.3 Å². The van der Waals surface area contributed by atoms with E-state index in [1.54, 1.807) is 7.11 Å². The van der Waals surface area contributed by atoms with Crippen molar-refractivity contribution in [1.82, 2.24) is 4.98 Å². The van der Waals surface area contributed by atoms with Crippen molar-refractivity contribution in [3.05, 3.63) is 65.7 Å². The smallest absolute Gasteiger partial charge is 0.118 e. The normalized spacial score (nSPS) is 13.0. The molecule has 0 aromatic heterocycles. The summed E-state index contributed by atoms with van der Waals surface area (Å²) < 4.78 is 5.24. The minimum absolute atomic E-state index is 0.244. The van der Waals surface area contributed by atoms with Crippen molar-refractivity contribution < 1.29 is 4.74 Å². The Morgan fingerprint density at radius 1 is 0.850 bits per heavy atom. The van der Waals surface area contributed by atoms with E-state index in [-0.39, 0.29) is 6.04 Å². The molecule has 2 nitrogen and oxygen atoms in total. The van der Waals surface area contributed by atoms with Gasteiger partial charge in [-0.2, -0.15) is 0 Å². The third-order valence-corrected chi connectivity index (χ3v) is 4.31. The molecule has 0 heterocycles. The summed E-state index contributed by atoms with van der Waals surface area (Å²) in [6.45, 7) is 6.98. The van der Waals surface area contributed by atoms with Gasteiger partial charge in [0.25, 0.3) is 0 Å². The number of rotatable bonds is 5. The van der Waals surface area contributed by atoms with Gasteiger partial charge in [0.05, 0.1) is 13.2 Å². The second kappa shape index (κ2) is 6.24. The molecule has 20 heavy (non-hydrogen) atoms. The zero-order valence-electron chi connectivity index (χ0n) is 12.7. The van der Waals surface area contributed by atoms with E-state index >= 15 is 0 Å². The van der Waals surface area contributed by atoms with Crippen LogP contribution in [-0.2, 0) is 0 Å². The summed E-state index contributed by atoms with van der Waals surface area (Å²) in [4.78, 5) is 3.82. The molecule has 1 N–H and O–H groups in total. The van der Waals surface area contributed by atoms with Crippen molar-refractivity contribution in [1.29, 1.82) is 0 Å². The van der Waals surface area contributed by atoms with Gasteiger partial charge in [-0.15, -0.1) is 0 Å². The van der Waals surface area contributed by atoms with Gasteiger partial charge >= 0.3 is 0 Å². The highest BCUT2D eigenvalue weighted by Gasteiger charge is 2.21. The van der Waals surface area contributed by atoms with Crippen molar-refractivity contribution in [3.8, 4) is 5.75 Å². The van der Waals surface area contributed by atoms with Crippen LogP contribution in [0.5, 0.6) is 5.75 Å². The van der Waals surface area contributed by atoms with Crippen molar-refractivity contribution in [2.24, 2.45) is 0 Å². The van der Waals surface area contributed by atoms with Gasteiger partial charge in [0, 0.05) is 0 Å². The average Bonchev–Trinajstić information content (AvgIpc) is 2.45. The fourth-order valence-corrected chi connectivity index (χ4v) is 3.43. The first kappa shape index (κ1) is 14.8. The van der Waals surface area contributed by atoms with Crippen LogP contribution in [0.15, 0.2) is 54.6 Å². The van der Waals surface area contributed by atoms with E-state index in [9.17, 15) is 0 Å². The summed E-state index contributed by atoms with van der Waals surface area (Å²) >= 11 is 0. The van der Waals surface area contributed by atoms with Crippen LogP contribution in [0.4, 0.5) is 0 Å². The molecule has 0 aliphatic rings. The Bertz CT molecular complexity index is 531. The summed E-state index contributed by atoms with van der Waals surface area (Å²) in [5.74, 6) is 0.897. The van der Waals surface area contributed by atoms with E-state index in [1.165, 1.54) is 11.1 Å². The van der Waals surface area contributed by atoms with Crippen LogP contribution in [0.25, 0.3) is 0 Å². The van der Waals surface area contributed by atoms with Crippen molar-refractivity contribution in [2.75, 3.05) is 7.11 Å². The molecular weight excluding hydrogens is 262 g/mol. The van der Waals surface area contributed by atoms with Crippen molar-refractivity contribution >= 4 is 8.24 Å². The Morgan fingerprint density at radius 2 is 1.40 bits per heavy atom. The van der Waals surface area contributed by atoms with Crippen LogP contribution in [0.2, 0.25) is 19.6 Å². The quantitative estimate of drug-likeness (QED) is 0.831. The number of hydrogen-bond acceptors (Lipinski definition) is 2. The summed E-state index contributed by atoms with van der Waals surface area (Å²) in [7, 11) is 0.309. The first-order chi connectivity index (χ1) is 9.49. The molecule has 0 fully saturated rings. The first-order valence-electron chi connectivity index (χ1n) is 6.96. The maximum absolute atomic E-state index is 5.24. The van der Waals surface area contributed by atoms with E-state index in [0.29, 0.717) is 0 Å². The van der Waals surface area contributed by atoms with Crippen molar-refractivity contribution in [3.63, 3.8) is 0 Å². The summed E-state index contributed by atoms with van der Waals surface area (Å²) in [5, 5.41) is 0. The van der Waals surface area contributed by atoms with Crippen molar-refractivity contribution in [2.45, 2.75) is 25.7 Å². The third kappa shape index (κ3) is 3.95. The Hall–Kier alpha value is -1.58. The lowest BCUT2D eigenvalue weighted by atomic mass is 10.00. The molecule has 0 bridgehead atoms. The molecule has 0 saturated carbocycles. The molecule has 106 valence electrons. The molecule has 2 aromatic rings. The fraction of sp³-hybridized carbons (Fsp3) is 0.294. The lowest BCUT2D eigenvalue weighted by Gasteiger charge is -2.28. The molecule has 3 heteroatoms. The van der Waals surface area contributed by atoms with Gasteiger partial charge in [-0.1, -0.05) is 62.1 Å². The van der Waals surface area contributed by atoms with E-state index < -0.39 is 8.24 Å². The predicted octanol–water partition coefficient (Wildman–Crippen LogP) is 4.21. The number of nitrogens with one attached hydrogen (secondary N) is 1. The zero-order chi connectivity index (χ0) is 14.6. The Balaban J connectivity index is 2.35. The molecule has 0 aliphatic heterocycles. The van der Waals surface area contributed by atoms with Crippen LogP contribution in [0.1, 0.15) is 17.2 Å². The van der Waals surface area contributed by atoms with E-state index in [4.69, 9.17) is 4.74 Å². The molecule has 0 aliphatic carbocycles. The van der Waals surface area contributed by atoms with Gasteiger partial charge in [-0.3, -0.25) is 0 Å². The average molecular weight is 285 g/mol. The summed E-state index contributed by atoms with van der Waals surface area (Å²) in [5.41, 5.74) is 2.58. The standard InChI is InChI=1S/C17H23NOSi/c1-19-16-12-10-15(11-13-16)17(18-20(2,3)4)14-8-6-5-7-9-14/h5-13,17-18H,1-4H3. The molecular formula is C17H23NOSi. The molecule has 1 atom stereocenters. The van der Waals surface area contributed by atoms with Gasteiger partial charge in [0.1, 0.15) is 14.0 Å². The van der Waals surface area contributed by atoms with Crippen LogP contribution in [0.3, 0.4) is 0 Å². The molecule has 0 amide bonds. The topological polar surface area (TPSA) is 21.3 Å². The number of hydrogen-bond donors (Lipinski definition) is 1. The molecule has 0 spiro atoms. The molecule has 0 saturated heterocycles. The lowest BCUT2D eigenvalue weighted by Crippen LogP contribution is -2.44. The predicted molar refractivity (Wildman–Crippen MR) is 87.8 cm³/mol. The van der Waals surface area contributed by atoms with Crippen LogP contribution in [-0.4, -0.2) is 15.3 Å². The highest BCUT2D eigenvalue weighted by molar-refractivity contribution is 6.73. The van der Waals surface area contributed by atoms with Crippen LogP contribution < -0.4 is 9.72 Å². The molecule has 0 radical (unpaired) electrons. The Labute approximate surface area is 122 Å². The fourth-order valence-electron chi connectivity index (χ4n) is 2.23. The largest absolute Gasteiger partial charge is 0.497 e. The SMILES string of the molecule is COc1ccc(C(N[Si](C)(C)C)c2ccccc2)cc1. The zero-order valence-corrected chi connectivity index (χ0v) is 13.7. The third-order valence-electron chi connectivity index (χ3n) is 3.16. The first-order valence-corrected chi connectivity index (χ1v) is 10.5. The second-order valence-corrected chi connectivity index (χ2v) is 10.8. The minimum Gasteiger partial charge on any atom is -0.497 e. The van der Waals surface area contributed by atoms with Gasteiger partial charge in [0.2, 0.25) is 0 Å². The van der Waals surface area contributed by atoms with Gasteiger partial charge in [-0.25, -0.2) is 0 Å². The van der Waals surface area contributed by atoms with E-state index in [1.807, 2.05) is 12.1 Å². The van der Waals surface area contributed by atoms with Gasteiger partial charge in [0.15, 0.2) is 0 Å². The Kier molecular flexibility index (Phi) is 4.63. The van der Waals surface area contributed by atoms with E-state index in [2.05, 4.69) is 67.1 Å². The number of benzene rings is 2. The minimum atomic E-state index is -1.39. The van der Waals surface area contributed by atoms with E-state index in [0.717, 1.165) is 5.75 Å². The molecule has 1 unspecified atom stereocenters. The van der Waals surface area contributed by atoms with Gasteiger partial charge < -0.3 is 9.72 Å². The summed E-state index contributed by atoms with van der Waals surface area (Å²) in [6, 6.07) is 19.2. The lowest BCUT2D eigenvalue weighted by molar-refractivity contribution is 0.414. The monoisotopic (exact) mass is 285 g/mol. The van der Waals surface area contributed by atoms with Crippen LogP contribution >= 0.6 is 0 Å². The van der Waals surface area contributed by atoms with Crippen LogP contribution in [0, 0.1) is 0 Å².